The van der Waals surface area contributed by atoms with Crippen molar-refractivity contribution in [2.45, 2.75) is 23.1 Å². The predicted molar refractivity (Wildman–Crippen MR) is 152 cm³/mol. The number of aryl methyl sites for hydroxylation is 1. The highest BCUT2D eigenvalue weighted by Gasteiger charge is 2.34. The Bertz CT molecular complexity index is 1560. The van der Waals surface area contributed by atoms with Gasteiger partial charge in [0.15, 0.2) is 0 Å². The number of nitrogens with zero attached hydrogens (tertiary/aromatic N) is 3. The smallest absolute Gasteiger partial charge is 0.340 e. The van der Waals surface area contributed by atoms with Crippen molar-refractivity contribution in [2.75, 3.05) is 44.3 Å². The standard InChI is InChI=1S/C26H32N6O7S2/c1-20-17-21(37-15-6-16-38-30-26(27)28)19-22(18-20)39-41(35,36)24-8-3-2-7-23(24)40(33,34)32-13-11-31(12-14-32)25-9-4-5-10-29-25/h2-5,7-10,17-19H,6,11-16H2,1H3,(H4,27,28,30). The number of nitrogens with two attached hydrogens (primary N) is 1. The molecule has 4 rings (SSSR count). The summed E-state index contributed by atoms with van der Waals surface area (Å²) in [6.45, 7) is 3.37. The van der Waals surface area contributed by atoms with Crippen LogP contribution < -0.4 is 25.0 Å². The second kappa shape index (κ2) is 13.2. The monoisotopic (exact) mass is 604 g/mol. The summed E-state index contributed by atoms with van der Waals surface area (Å²) in [5, 5.41) is 7.03. The van der Waals surface area contributed by atoms with Gasteiger partial charge in [0.25, 0.3) is 0 Å². The Hall–Kier alpha value is -3.92. The van der Waals surface area contributed by atoms with Gasteiger partial charge < -0.3 is 19.6 Å². The molecule has 0 radical (unpaired) electrons. The van der Waals surface area contributed by atoms with Crippen molar-refractivity contribution in [1.29, 1.82) is 5.41 Å². The molecule has 13 nitrogen and oxygen atoms in total. The first kappa shape index (κ1) is 30.0. The quantitative estimate of drug-likeness (QED) is 0.0904. The van der Waals surface area contributed by atoms with E-state index < -0.39 is 25.0 Å². The summed E-state index contributed by atoms with van der Waals surface area (Å²) in [5.74, 6) is 0.776. The number of aromatic nitrogens is 1. The minimum Gasteiger partial charge on any atom is -0.493 e. The molecule has 1 aromatic heterocycles. The molecule has 0 spiro atoms. The lowest BCUT2D eigenvalue weighted by Gasteiger charge is -2.34. The number of rotatable bonds is 12. The van der Waals surface area contributed by atoms with E-state index in [4.69, 9.17) is 24.9 Å². The Morgan fingerprint density at radius 3 is 2.32 bits per heavy atom. The molecule has 0 saturated carbocycles. The van der Waals surface area contributed by atoms with E-state index in [0.717, 1.165) is 5.82 Å². The Labute approximate surface area is 239 Å². The molecule has 15 heteroatoms. The summed E-state index contributed by atoms with van der Waals surface area (Å²) in [6, 6.07) is 15.6. The first-order valence-electron chi connectivity index (χ1n) is 12.7. The zero-order valence-electron chi connectivity index (χ0n) is 22.4. The number of sulfonamides is 1. The van der Waals surface area contributed by atoms with Crippen molar-refractivity contribution in [2.24, 2.45) is 5.73 Å². The third kappa shape index (κ3) is 7.85. The molecular weight excluding hydrogens is 572 g/mol. The molecular formula is C26H32N6O7S2. The maximum absolute atomic E-state index is 13.6. The number of hydrogen-bond acceptors (Lipinski definition) is 10. The van der Waals surface area contributed by atoms with E-state index in [9.17, 15) is 16.8 Å². The topological polar surface area (TPSA) is 177 Å². The van der Waals surface area contributed by atoms with Crippen LogP contribution >= 0.6 is 0 Å². The molecule has 3 aromatic rings. The summed E-state index contributed by atoms with van der Waals surface area (Å²) in [4.78, 5) is 10.4. The molecule has 4 N–H and O–H groups in total. The van der Waals surface area contributed by atoms with E-state index in [1.807, 2.05) is 23.1 Å². The minimum absolute atomic E-state index is 0.0225. The van der Waals surface area contributed by atoms with Gasteiger partial charge >= 0.3 is 10.1 Å². The maximum Gasteiger partial charge on any atom is 0.340 e. The summed E-state index contributed by atoms with van der Waals surface area (Å²) in [6.07, 6.45) is 2.14. The zero-order chi connectivity index (χ0) is 29.5. The predicted octanol–water partition coefficient (Wildman–Crippen LogP) is 1.85. The van der Waals surface area contributed by atoms with Crippen LogP contribution in [-0.2, 0) is 25.0 Å². The molecule has 0 aliphatic carbocycles. The van der Waals surface area contributed by atoms with Crippen molar-refractivity contribution >= 4 is 31.9 Å². The molecule has 0 bridgehead atoms. The lowest BCUT2D eigenvalue weighted by atomic mass is 10.2. The molecule has 1 fully saturated rings. The summed E-state index contributed by atoms with van der Waals surface area (Å²) in [7, 11) is -8.69. The highest BCUT2D eigenvalue weighted by Crippen LogP contribution is 2.30. The van der Waals surface area contributed by atoms with Crippen LogP contribution in [0.5, 0.6) is 11.5 Å². The van der Waals surface area contributed by atoms with Crippen LogP contribution in [0.1, 0.15) is 12.0 Å². The number of hydroxylamine groups is 1. The number of anilines is 1. The van der Waals surface area contributed by atoms with E-state index in [-0.39, 0.29) is 42.9 Å². The zero-order valence-corrected chi connectivity index (χ0v) is 24.0. The Morgan fingerprint density at radius 1 is 0.951 bits per heavy atom. The SMILES string of the molecule is Cc1cc(OCCCONC(=N)N)cc(OS(=O)(=O)c2ccccc2S(=O)(=O)N2CCN(c3ccccn3)CC2)c1. The molecule has 0 unspecified atom stereocenters. The van der Waals surface area contributed by atoms with Crippen molar-refractivity contribution < 1.29 is 30.6 Å². The van der Waals surface area contributed by atoms with Crippen molar-refractivity contribution in [3.8, 4) is 11.5 Å². The fraction of sp³-hybridized carbons (Fsp3) is 0.308. The number of benzene rings is 2. The first-order valence-corrected chi connectivity index (χ1v) is 15.6. The highest BCUT2D eigenvalue weighted by atomic mass is 32.2. The van der Waals surface area contributed by atoms with Gasteiger partial charge in [0.1, 0.15) is 27.1 Å². The first-order chi connectivity index (χ1) is 19.6. The molecule has 0 amide bonds. The molecule has 1 saturated heterocycles. The van der Waals surface area contributed by atoms with Crippen LogP contribution in [0.4, 0.5) is 5.82 Å². The van der Waals surface area contributed by atoms with Gasteiger partial charge in [-0.3, -0.25) is 10.2 Å². The number of nitrogens with one attached hydrogen (secondary N) is 2. The number of piperazine rings is 1. The molecule has 2 heterocycles. The molecule has 0 atom stereocenters. The van der Waals surface area contributed by atoms with Crippen LogP contribution in [0.25, 0.3) is 0 Å². The fourth-order valence-corrected chi connectivity index (χ4v) is 7.29. The molecule has 2 aromatic carbocycles. The number of hydrogen-bond donors (Lipinski definition) is 3. The van der Waals surface area contributed by atoms with Gasteiger partial charge in [-0.15, -0.1) is 0 Å². The van der Waals surface area contributed by atoms with Gasteiger partial charge in [0.2, 0.25) is 16.0 Å². The van der Waals surface area contributed by atoms with Crippen LogP contribution in [0.15, 0.2) is 76.7 Å². The fourth-order valence-electron chi connectivity index (χ4n) is 4.17. The summed E-state index contributed by atoms with van der Waals surface area (Å²) in [5.41, 5.74) is 8.02. The third-order valence-electron chi connectivity index (χ3n) is 6.02. The second-order valence-electron chi connectivity index (χ2n) is 9.11. The van der Waals surface area contributed by atoms with Crippen molar-refractivity contribution in [3.63, 3.8) is 0 Å². The highest BCUT2D eigenvalue weighted by molar-refractivity contribution is 7.91. The maximum atomic E-state index is 13.6. The van der Waals surface area contributed by atoms with Gasteiger partial charge in [-0.1, -0.05) is 18.2 Å². The van der Waals surface area contributed by atoms with Gasteiger partial charge in [0, 0.05) is 44.9 Å². The van der Waals surface area contributed by atoms with E-state index in [1.54, 1.807) is 19.2 Å². The Balaban J connectivity index is 1.46. The van der Waals surface area contributed by atoms with Gasteiger partial charge in [0.05, 0.1) is 13.2 Å². The van der Waals surface area contributed by atoms with Gasteiger partial charge in [-0.2, -0.15) is 12.7 Å². The van der Waals surface area contributed by atoms with Crippen LogP contribution in [0.3, 0.4) is 0 Å². The molecule has 220 valence electrons. The van der Waals surface area contributed by atoms with Crippen molar-refractivity contribution in [3.05, 3.63) is 72.4 Å². The van der Waals surface area contributed by atoms with E-state index in [0.29, 0.717) is 30.8 Å². The largest absolute Gasteiger partial charge is 0.493 e. The van der Waals surface area contributed by atoms with Gasteiger partial charge in [-0.05, 0) is 48.9 Å². The number of ether oxygens (including phenoxy) is 1. The lowest BCUT2D eigenvalue weighted by Crippen LogP contribution is -2.49. The summed E-state index contributed by atoms with van der Waals surface area (Å²) >= 11 is 0. The van der Waals surface area contributed by atoms with E-state index in [1.165, 1.54) is 40.7 Å². The number of pyridine rings is 1. The van der Waals surface area contributed by atoms with Crippen LogP contribution in [-0.4, -0.2) is 71.5 Å². The van der Waals surface area contributed by atoms with E-state index >= 15 is 0 Å². The normalized spacial score (nSPS) is 14.4. The second-order valence-corrected chi connectivity index (χ2v) is 12.5. The van der Waals surface area contributed by atoms with Crippen LogP contribution in [0.2, 0.25) is 0 Å². The third-order valence-corrected chi connectivity index (χ3v) is 9.41. The van der Waals surface area contributed by atoms with E-state index in [2.05, 4.69) is 10.5 Å². The number of guanidine groups is 1. The lowest BCUT2D eigenvalue weighted by molar-refractivity contribution is 0.0733. The molecule has 1 aliphatic rings. The summed E-state index contributed by atoms with van der Waals surface area (Å²) < 4.78 is 66.3. The van der Waals surface area contributed by atoms with Crippen molar-refractivity contribution in [1.82, 2.24) is 14.8 Å². The molecule has 1 aliphatic heterocycles. The van der Waals surface area contributed by atoms with Crippen LogP contribution in [0, 0.1) is 12.3 Å². The average Bonchev–Trinajstić information content (AvgIpc) is 2.95. The Kier molecular flexibility index (Phi) is 9.65. The van der Waals surface area contributed by atoms with Gasteiger partial charge in [-0.25, -0.2) is 18.9 Å². The minimum atomic E-state index is -4.54. The Morgan fingerprint density at radius 2 is 1.63 bits per heavy atom. The molecule has 41 heavy (non-hydrogen) atoms. The average molecular weight is 605 g/mol.